The summed E-state index contributed by atoms with van der Waals surface area (Å²) in [6, 6.07) is 0.514. The van der Waals surface area contributed by atoms with Gasteiger partial charge in [-0.05, 0) is 31.7 Å². The van der Waals surface area contributed by atoms with Gasteiger partial charge >= 0.3 is 0 Å². The Kier molecular flexibility index (Phi) is 7.14. The first kappa shape index (κ1) is 18.9. The molecule has 126 valence electrons. The fourth-order valence-electron chi connectivity index (χ4n) is 3.27. The summed E-state index contributed by atoms with van der Waals surface area (Å²) in [7, 11) is -2.84. The van der Waals surface area contributed by atoms with Gasteiger partial charge in [-0.25, -0.2) is 8.42 Å². The zero-order valence-corrected chi connectivity index (χ0v) is 15.3. The van der Waals surface area contributed by atoms with E-state index in [9.17, 15) is 8.42 Å². The van der Waals surface area contributed by atoms with Crippen LogP contribution in [0.25, 0.3) is 0 Å². The molecule has 0 aromatic rings. The van der Waals surface area contributed by atoms with Crippen molar-refractivity contribution in [1.82, 2.24) is 10.2 Å². The number of hydrogen-bond acceptors (Lipinski definition) is 4. The van der Waals surface area contributed by atoms with Gasteiger partial charge in [0.1, 0.15) is 9.84 Å². The molecule has 0 amide bonds. The molecular weight excluding hydrogens is 284 g/mol. The van der Waals surface area contributed by atoms with Gasteiger partial charge in [0.25, 0.3) is 0 Å². The molecule has 1 saturated heterocycles. The minimum atomic E-state index is -2.84. The van der Waals surface area contributed by atoms with E-state index in [1.807, 2.05) is 0 Å². The quantitative estimate of drug-likeness (QED) is 0.746. The molecular formula is C16H34N2O2S. The summed E-state index contributed by atoms with van der Waals surface area (Å²) in [5.41, 5.74) is 0.203. The van der Waals surface area contributed by atoms with Crippen LogP contribution in [0.2, 0.25) is 0 Å². The van der Waals surface area contributed by atoms with Crippen molar-refractivity contribution in [2.75, 3.05) is 31.1 Å². The molecule has 1 heterocycles. The van der Waals surface area contributed by atoms with Gasteiger partial charge in [-0.3, -0.25) is 4.90 Å². The van der Waals surface area contributed by atoms with Crippen molar-refractivity contribution in [3.05, 3.63) is 0 Å². The molecule has 1 N–H and O–H groups in total. The number of piperazine rings is 1. The molecule has 0 aliphatic carbocycles. The Morgan fingerprint density at radius 3 is 2.33 bits per heavy atom. The fourth-order valence-corrected chi connectivity index (χ4v) is 4.13. The van der Waals surface area contributed by atoms with E-state index in [1.54, 1.807) is 6.92 Å². The van der Waals surface area contributed by atoms with Crippen LogP contribution in [0.15, 0.2) is 0 Å². The van der Waals surface area contributed by atoms with Crippen molar-refractivity contribution in [2.24, 2.45) is 5.92 Å². The van der Waals surface area contributed by atoms with E-state index >= 15 is 0 Å². The number of rotatable bonds is 8. The maximum atomic E-state index is 11.7. The van der Waals surface area contributed by atoms with Crippen LogP contribution in [-0.4, -0.2) is 56.0 Å². The Bertz CT molecular complexity index is 403. The largest absolute Gasteiger partial charge is 0.308 e. The monoisotopic (exact) mass is 318 g/mol. The molecule has 21 heavy (non-hydrogen) atoms. The Morgan fingerprint density at radius 1 is 1.24 bits per heavy atom. The van der Waals surface area contributed by atoms with Gasteiger partial charge in [0, 0.05) is 30.4 Å². The minimum absolute atomic E-state index is 0.203. The second-order valence-electron chi connectivity index (χ2n) is 6.74. The van der Waals surface area contributed by atoms with Crippen LogP contribution in [-0.2, 0) is 9.84 Å². The minimum Gasteiger partial charge on any atom is -0.308 e. The highest BCUT2D eigenvalue weighted by atomic mass is 32.2. The molecule has 4 nitrogen and oxygen atoms in total. The van der Waals surface area contributed by atoms with Crippen molar-refractivity contribution in [3.8, 4) is 0 Å². The molecule has 1 fully saturated rings. The van der Waals surface area contributed by atoms with E-state index in [2.05, 4.69) is 37.9 Å². The van der Waals surface area contributed by atoms with Crippen LogP contribution < -0.4 is 5.32 Å². The predicted molar refractivity (Wildman–Crippen MR) is 90.5 cm³/mol. The fraction of sp³-hybridized carbons (Fsp3) is 1.00. The topological polar surface area (TPSA) is 49.4 Å². The number of nitrogens with one attached hydrogen (secondary N) is 1. The molecule has 1 unspecified atom stereocenters. The van der Waals surface area contributed by atoms with E-state index in [1.165, 1.54) is 0 Å². The van der Waals surface area contributed by atoms with Crippen LogP contribution in [0, 0.1) is 5.92 Å². The maximum Gasteiger partial charge on any atom is 0.150 e. The Hall–Kier alpha value is -0.130. The Labute approximate surface area is 131 Å². The molecule has 1 aliphatic rings. The van der Waals surface area contributed by atoms with Crippen molar-refractivity contribution in [1.29, 1.82) is 0 Å². The van der Waals surface area contributed by atoms with E-state index in [0.29, 0.717) is 17.7 Å². The zero-order chi connectivity index (χ0) is 16.1. The van der Waals surface area contributed by atoms with Crippen LogP contribution >= 0.6 is 0 Å². The van der Waals surface area contributed by atoms with E-state index < -0.39 is 9.84 Å². The van der Waals surface area contributed by atoms with Crippen LogP contribution in [0.5, 0.6) is 0 Å². The van der Waals surface area contributed by atoms with Gasteiger partial charge in [0.05, 0.1) is 5.75 Å². The molecule has 0 radical (unpaired) electrons. The Balaban J connectivity index is 2.68. The van der Waals surface area contributed by atoms with Gasteiger partial charge in [-0.2, -0.15) is 0 Å². The Morgan fingerprint density at radius 2 is 1.86 bits per heavy atom. The number of sulfone groups is 1. The summed E-state index contributed by atoms with van der Waals surface area (Å²) in [6.07, 6.45) is 3.00. The molecule has 0 spiro atoms. The molecule has 1 rings (SSSR count). The number of nitrogens with zero attached hydrogens (tertiary/aromatic N) is 1. The lowest BCUT2D eigenvalue weighted by Crippen LogP contribution is -2.65. The molecule has 1 aliphatic heterocycles. The first-order valence-corrected chi connectivity index (χ1v) is 10.3. The lowest BCUT2D eigenvalue weighted by atomic mass is 9.86. The normalized spacial score (nSPS) is 23.6. The maximum absolute atomic E-state index is 11.7. The van der Waals surface area contributed by atoms with Crippen molar-refractivity contribution >= 4 is 9.84 Å². The second-order valence-corrected chi connectivity index (χ2v) is 9.21. The third-order valence-corrected chi connectivity index (χ3v) is 6.91. The highest BCUT2D eigenvalue weighted by Crippen LogP contribution is 2.25. The highest BCUT2D eigenvalue weighted by molar-refractivity contribution is 7.91. The molecule has 0 bridgehead atoms. The molecule has 0 aromatic carbocycles. The van der Waals surface area contributed by atoms with Crippen molar-refractivity contribution in [2.45, 2.75) is 65.5 Å². The highest BCUT2D eigenvalue weighted by Gasteiger charge is 2.37. The third kappa shape index (κ3) is 5.22. The summed E-state index contributed by atoms with van der Waals surface area (Å²) < 4.78 is 23.3. The molecule has 1 atom stereocenters. The summed E-state index contributed by atoms with van der Waals surface area (Å²) in [4.78, 5) is 2.53. The second kappa shape index (κ2) is 7.93. The summed E-state index contributed by atoms with van der Waals surface area (Å²) in [6.45, 7) is 13.7. The lowest BCUT2D eigenvalue weighted by Gasteiger charge is -2.49. The molecule has 0 saturated carbocycles. The summed E-state index contributed by atoms with van der Waals surface area (Å²) in [5.74, 6) is 1.17. The van der Waals surface area contributed by atoms with E-state index in [0.717, 1.165) is 38.9 Å². The summed E-state index contributed by atoms with van der Waals surface area (Å²) >= 11 is 0. The van der Waals surface area contributed by atoms with E-state index in [-0.39, 0.29) is 11.3 Å². The molecule has 0 aromatic heterocycles. The van der Waals surface area contributed by atoms with Gasteiger partial charge < -0.3 is 5.32 Å². The van der Waals surface area contributed by atoms with Crippen LogP contribution in [0.1, 0.15) is 53.9 Å². The smallest absolute Gasteiger partial charge is 0.150 e. The van der Waals surface area contributed by atoms with Gasteiger partial charge in [-0.1, -0.05) is 34.6 Å². The average Bonchev–Trinajstić information content (AvgIpc) is 2.46. The van der Waals surface area contributed by atoms with Gasteiger partial charge in [0.2, 0.25) is 0 Å². The van der Waals surface area contributed by atoms with Gasteiger partial charge in [0.15, 0.2) is 0 Å². The van der Waals surface area contributed by atoms with Crippen LogP contribution in [0.4, 0.5) is 0 Å². The summed E-state index contributed by atoms with van der Waals surface area (Å²) in [5, 5.41) is 3.75. The van der Waals surface area contributed by atoms with Gasteiger partial charge in [-0.15, -0.1) is 0 Å². The first-order chi connectivity index (χ1) is 9.79. The lowest BCUT2D eigenvalue weighted by molar-refractivity contribution is 0.0508. The van der Waals surface area contributed by atoms with Crippen molar-refractivity contribution < 1.29 is 8.42 Å². The van der Waals surface area contributed by atoms with Crippen LogP contribution in [0.3, 0.4) is 0 Å². The van der Waals surface area contributed by atoms with Crippen molar-refractivity contribution in [3.63, 3.8) is 0 Å². The molecule has 5 heteroatoms. The zero-order valence-electron chi connectivity index (χ0n) is 14.5. The third-order valence-electron chi connectivity index (χ3n) is 5.12. The predicted octanol–water partition coefficient (Wildman–Crippen LogP) is 2.30. The van der Waals surface area contributed by atoms with E-state index in [4.69, 9.17) is 0 Å². The first-order valence-electron chi connectivity index (χ1n) is 8.48. The number of hydrogen-bond donors (Lipinski definition) is 1. The standard InChI is InChI=1S/C16H34N2O2S/c1-6-16(7-2)13-18(15(12-17-16)14(4)5)10-9-11-21(19,20)8-3/h14-15,17H,6-13H2,1-5H3. The average molecular weight is 319 g/mol. The SMILES string of the molecule is CCC1(CC)CN(CCCS(=O)(=O)CC)C(C(C)C)CN1.